The quantitative estimate of drug-likeness (QED) is 0.189. The average molecular weight is 591 g/mol. The molecule has 1 aromatic carbocycles. The number of hydrogen-bond donors (Lipinski definition) is 2. The third-order valence-corrected chi connectivity index (χ3v) is 12.5. The number of carbonyl (C=O) groups is 1. The van der Waals surface area contributed by atoms with Gasteiger partial charge in [-0.2, -0.15) is 0 Å². The van der Waals surface area contributed by atoms with Crippen molar-refractivity contribution < 1.29 is 14.6 Å². The number of allylic oxidation sites excluding steroid dienone is 1. The zero-order valence-corrected chi connectivity index (χ0v) is 26.5. The molecule has 4 aliphatic rings. The van der Waals surface area contributed by atoms with Crippen molar-refractivity contribution in [3.05, 3.63) is 35.9 Å². The number of ether oxygens (including phenoxy) is 1. The number of carbonyl (C=O) groups excluding carboxylic acids is 1. The first-order chi connectivity index (χ1) is 18.9. The van der Waals surface area contributed by atoms with Crippen LogP contribution in [0.3, 0.4) is 0 Å². The topological polar surface area (TPSA) is 58.6 Å². The molecule has 222 valence electrons. The van der Waals surface area contributed by atoms with Crippen molar-refractivity contribution in [2.45, 2.75) is 109 Å². The smallest absolute Gasteiger partial charge is 0.412 e. The number of benzene rings is 1. The summed E-state index contributed by atoms with van der Waals surface area (Å²) in [5, 5.41) is 12.3. The summed E-state index contributed by atoms with van der Waals surface area (Å²) < 4.78 is 5.79. The van der Waals surface area contributed by atoms with E-state index in [0.29, 0.717) is 22.9 Å². The molecule has 2 N–H and O–H groups in total. The molecule has 40 heavy (non-hydrogen) atoms. The van der Waals surface area contributed by atoms with Crippen LogP contribution in [0.1, 0.15) is 92.4 Å². The van der Waals surface area contributed by atoms with Gasteiger partial charge in [-0.25, -0.2) is 4.79 Å². The van der Waals surface area contributed by atoms with Crippen LogP contribution in [0.15, 0.2) is 35.9 Å². The van der Waals surface area contributed by atoms with E-state index in [9.17, 15) is 9.90 Å². The fourth-order valence-electron chi connectivity index (χ4n) is 9.69. The van der Waals surface area contributed by atoms with Crippen LogP contribution in [0, 0.1) is 46.3 Å². The Morgan fingerprint density at radius 2 is 1.85 bits per heavy atom. The zero-order chi connectivity index (χ0) is 28.8. The van der Waals surface area contributed by atoms with Gasteiger partial charge in [-0.05, 0) is 109 Å². The second-order valence-corrected chi connectivity index (χ2v) is 15.5. The van der Waals surface area contributed by atoms with Gasteiger partial charge in [0.25, 0.3) is 0 Å². The van der Waals surface area contributed by atoms with Gasteiger partial charge in [0, 0.05) is 0 Å². The van der Waals surface area contributed by atoms with E-state index in [-0.39, 0.29) is 21.9 Å². The number of aromatic hydroxyl groups is 1. The number of alkyl halides is 2. The first-order valence-electron chi connectivity index (χ1n) is 15.7. The average Bonchev–Trinajstić information content (AvgIpc) is 3.24. The number of phenols is 1. The second-order valence-electron chi connectivity index (χ2n) is 14.4. The van der Waals surface area contributed by atoms with Crippen molar-refractivity contribution in [1.82, 2.24) is 0 Å². The molecule has 0 heterocycles. The van der Waals surface area contributed by atoms with E-state index in [0.717, 1.165) is 36.5 Å². The SMILES string of the molecule is CC(C)CCC[C@@H](C)[C@H]1CCC2C3CC(Cl)C4=CC(OC(=O)Nc5ccccc5O)C(Cl)C[C@]4(C)C3CC[C@@]21C. The first kappa shape index (κ1) is 30.1. The monoisotopic (exact) mass is 589 g/mol. The number of halogens is 2. The lowest BCUT2D eigenvalue weighted by Crippen LogP contribution is -2.55. The van der Waals surface area contributed by atoms with Crippen LogP contribution in [0.2, 0.25) is 0 Å². The number of anilines is 1. The minimum absolute atomic E-state index is 0.000931. The van der Waals surface area contributed by atoms with Gasteiger partial charge in [0.2, 0.25) is 0 Å². The number of amides is 1. The summed E-state index contributed by atoms with van der Waals surface area (Å²) in [6.45, 7) is 12.2. The number of hydrogen-bond acceptors (Lipinski definition) is 3. The number of para-hydroxylation sites is 2. The fraction of sp³-hybridized carbons (Fsp3) is 0.735. The van der Waals surface area contributed by atoms with E-state index < -0.39 is 12.2 Å². The maximum atomic E-state index is 12.7. The van der Waals surface area contributed by atoms with Gasteiger partial charge >= 0.3 is 6.09 Å². The highest BCUT2D eigenvalue weighted by molar-refractivity contribution is 6.23. The lowest BCUT2D eigenvalue weighted by Gasteiger charge is -2.60. The van der Waals surface area contributed by atoms with Gasteiger partial charge in [-0.1, -0.05) is 66.0 Å². The van der Waals surface area contributed by atoms with Crippen LogP contribution in [0.4, 0.5) is 10.5 Å². The Balaban J connectivity index is 1.30. The van der Waals surface area contributed by atoms with E-state index in [4.69, 9.17) is 27.9 Å². The molecular weight excluding hydrogens is 541 g/mol. The van der Waals surface area contributed by atoms with Crippen molar-refractivity contribution in [1.29, 1.82) is 0 Å². The lowest BCUT2D eigenvalue weighted by molar-refractivity contribution is -0.0614. The van der Waals surface area contributed by atoms with Gasteiger partial charge in [-0.15, -0.1) is 23.2 Å². The summed E-state index contributed by atoms with van der Waals surface area (Å²) in [7, 11) is 0. The summed E-state index contributed by atoms with van der Waals surface area (Å²) in [5.74, 6) is 4.32. The van der Waals surface area contributed by atoms with Crippen LogP contribution in [-0.4, -0.2) is 28.1 Å². The predicted molar refractivity (Wildman–Crippen MR) is 165 cm³/mol. The van der Waals surface area contributed by atoms with E-state index in [1.807, 2.05) is 0 Å². The van der Waals surface area contributed by atoms with Crippen LogP contribution in [-0.2, 0) is 4.74 Å². The molecule has 1 amide bonds. The van der Waals surface area contributed by atoms with Crippen LogP contribution in [0.5, 0.6) is 5.75 Å². The van der Waals surface area contributed by atoms with Gasteiger partial charge in [-0.3, -0.25) is 5.32 Å². The first-order valence-corrected chi connectivity index (χ1v) is 16.6. The predicted octanol–water partition coefficient (Wildman–Crippen LogP) is 9.79. The summed E-state index contributed by atoms with van der Waals surface area (Å²) in [5.41, 5.74) is 1.87. The van der Waals surface area contributed by atoms with Crippen molar-refractivity contribution in [2.75, 3.05) is 5.32 Å². The molecule has 0 saturated heterocycles. The molecule has 4 aliphatic carbocycles. The van der Waals surface area contributed by atoms with Crippen molar-refractivity contribution in [2.24, 2.45) is 46.3 Å². The largest absolute Gasteiger partial charge is 0.506 e. The summed E-state index contributed by atoms with van der Waals surface area (Å²) in [6, 6.07) is 6.62. The molecule has 1 aromatic rings. The van der Waals surface area contributed by atoms with E-state index in [2.05, 4.69) is 46.0 Å². The molecule has 0 aromatic heterocycles. The van der Waals surface area contributed by atoms with Crippen molar-refractivity contribution in [3.8, 4) is 5.75 Å². The maximum absolute atomic E-state index is 12.7. The fourth-order valence-corrected chi connectivity index (χ4v) is 10.7. The van der Waals surface area contributed by atoms with E-state index >= 15 is 0 Å². The van der Waals surface area contributed by atoms with Crippen molar-refractivity contribution in [3.63, 3.8) is 0 Å². The van der Waals surface area contributed by atoms with Gasteiger partial charge in [0.1, 0.15) is 11.9 Å². The molecule has 0 aliphatic heterocycles. The third kappa shape index (κ3) is 5.53. The molecule has 6 unspecified atom stereocenters. The zero-order valence-electron chi connectivity index (χ0n) is 25.0. The minimum Gasteiger partial charge on any atom is -0.506 e. The second kappa shape index (κ2) is 11.7. The van der Waals surface area contributed by atoms with Crippen LogP contribution >= 0.6 is 23.2 Å². The molecule has 3 fully saturated rings. The van der Waals surface area contributed by atoms with Crippen LogP contribution < -0.4 is 5.32 Å². The molecule has 10 atom stereocenters. The number of rotatable bonds is 7. The van der Waals surface area contributed by atoms with Gasteiger partial charge in [0.15, 0.2) is 0 Å². The molecule has 3 saturated carbocycles. The number of phenolic OH excluding ortho intramolecular Hbond substituents is 1. The summed E-state index contributed by atoms with van der Waals surface area (Å²) in [4.78, 5) is 12.7. The molecule has 0 bridgehead atoms. The lowest BCUT2D eigenvalue weighted by atomic mass is 9.46. The van der Waals surface area contributed by atoms with E-state index in [1.54, 1.807) is 18.2 Å². The van der Waals surface area contributed by atoms with Crippen LogP contribution in [0.25, 0.3) is 0 Å². The normalized spacial score (nSPS) is 39.5. The Kier molecular flexibility index (Phi) is 8.81. The Morgan fingerprint density at radius 3 is 2.58 bits per heavy atom. The van der Waals surface area contributed by atoms with Gasteiger partial charge in [0.05, 0.1) is 16.4 Å². The highest BCUT2D eigenvalue weighted by Crippen LogP contribution is 2.68. The molecule has 0 radical (unpaired) electrons. The maximum Gasteiger partial charge on any atom is 0.412 e. The van der Waals surface area contributed by atoms with Gasteiger partial charge < -0.3 is 9.84 Å². The molecule has 5 rings (SSSR count). The Hall–Kier alpha value is -1.39. The molecule has 0 spiro atoms. The Bertz CT molecular complexity index is 1110. The Morgan fingerprint density at radius 1 is 1.10 bits per heavy atom. The van der Waals surface area contributed by atoms with Crippen molar-refractivity contribution >= 4 is 35.0 Å². The molecule has 4 nitrogen and oxygen atoms in total. The molecular formula is C34H49Cl2NO3. The Labute approximate surface area is 251 Å². The minimum atomic E-state index is -0.620. The summed E-state index contributed by atoms with van der Waals surface area (Å²) >= 11 is 14.2. The summed E-state index contributed by atoms with van der Waals surface area (Å²) in [6.07, 6.45) is 11.9. The van der Waals surface area contributed by atoms with E-state index in [1.165, 1.54) is 56.6 Å². The standard InChI is InChI=1S/C34H49Cl2NO3/c1-20(2)9-8-10-21(3)23-13-14-24-22-17-27(35)26-18-31(40-32(39)37-29-11-6-7-12-30(29)38)28(36)19-34(26,5)25(22)15-16-33(23,24)4/h6-7,11-12,18,20-25,27-28,31,38H,8-10,13-17,19H2,1-5H3,(H,37,39)/t21-,22?,23-,24?,25?,27?,28?,31?,33-,34-/m1/s1. The molecule has 6 heteroatoms. The third-order valence-electron chi connectivity index (χ3n) is 11.6. The highest BCUT2D eigenvalue weighted by atomic mass is 35.5. The number of nitrogens with one attached hydrogen (secondary N) is 1. The number of fused-ring (bicyclic) bond motifs is 5. The highest BCUT2D eigenvalue weighted by Gasteiger charge is 2.61.